The Morgan fingerprint density at radius 3 is 2.79 bits per heavy atom. The lowest BCUT2D eigenvalue weighted by Crippen LogP contribution is -2.23. The predicted molar refractivity (Wildman–Crippen MR) is 79.7 cm³/mol. The van der Waals surface area contributed by atoms with Crippen molar-refractivity contribution in [2.45, 2.75) is 18.4 Å². The Balaban J connectivity index is 1.73. The van der Waals surface area contributed by atoms with Gasteiger partial charge in [0.05, 0.1) is 23.1 Å². The van der Waals surface area contributed by atoms with Gasteiger partial charge in [-0.15, -0.1) is 0 Å². The maximum absolute atomic E-state index is 12.2. The van der Waals surface area contributed by atoms with E-state index in [0.717, 1.165) is 0 Å². The van der Waals surface area contributed by atoms with E-state index in [1.807, 2.05) is 6.07 Å². The molecule has 24 heavy (non-hydrogen) atoms. The largest absolute Gasteiger partial charge is 0.361 e. The number of nitrogens with zero attached hydrogens (tertiary/aromatic N) is 4. The molecule has 0 aliphatic carbocycles. The molecule has 0 atom stereocenters. The van der Waals surface area contributed by atoms with E-state index in [9.17, 15) is 8.42 Å². The number of benzene rings is 1. The van der Waals surface area contributed by atoms with E-state index in [1.165, 1.54) is 24.3 Å². The maximum atomic E-state index is 12.2. The van der Waals surface area contributed by atoms with Crippen molar-refractivity contribution in [3.05, 3.63) is 47.5 Å². The number of rotatable bonds is 5. The van der Waals surface area contributed by atoms with Crippen LogP contribution >= 0.6 is 0 Å². The summed E-state index contributed by atoms with van der Waals surface area (Å²) in [6.45, 7) is 1.53. The number of hydrogen-bond donors (Lipinski definition) is 1. The first-order valence-electron chi connectivity index (χ1n) is 6.74. The predicted octanol–water partition coefficient (Wildman–Crippen LogP) is 1.38. The summed E-state index contributed by atoms with van der Waals surface area (Å²) in [5, 5.41) is 16.3. The van der Waals surface area contributed by atoms with E-state index in [1.54, 1.807) is 13.0 Å². The third-order valence-corrected chi connectivity index (χ3v) is 4.41. The summed E-state index contributed by atoms with van der Waals surface area (Å²) in [4.78, 5) is 4.02. The average molecular weight is 345 g/mol. The second-order valence-electron chi connectivity index (χ2n) is 4.80. The summed E-state index contributed by atoms with van der Waals surface area (Å²) in [5.74, 6) is 0.868. The highest BCUT2D eigenvalue weighted by molar-refractivity contribution is 7.89. The summed E-state index contributed by atoms with van der Waals surface area (Å²) in [7, 11) is -3.81. The summed E-state index contributed by atoms with van der Waals surface area (Å²) in [6, 6.07) is 9.19. The van der Waals surface area contributed by atoms with Gasteiger partial charge >= 0.3 is 0 Å². The van der Waals surface area contributed by atoms with Crippen molar-refractivity contribution in [3.8, 4) is 17.6 Å². The molecular weight excluding hydrogens is 334 g/mol. The SMILES string of the molecule is Cc1cc(-c2noc(CNS(=O)(=O)c3cccc(C#N)c3)n2)no1. The van der Waals surface area contributed by atoms with Crippen molar-refractivity contribution in [2.24, 2.45) is 0 Å². The van der Waals surface area contributed by atoms with Gasteiger partial charge in [0.2, 0.25) is 21.7 Å². The van der Waals surface area contributed by atoms with Gasteiger partial charge in [-0.25, -0.2) is 13.1 Å². The second-order valence-corrected chi connectivity index (χ2v) is 6.57. The molecule has 0 bridgehead atoms. The van der Waals surface area contributed by atoms with Gasteiger partial charge in [0.25, 0.3) is 0 Å². The zero-order chi connectivity index (χ0) is 17.2. The molecule has 1 N–H and O–H groups in total. The summed E-state index contributed by atoms with van der Waals surface area (Å²) < 4.78 is 36.7. The molecule has 9 nitrogen and oxygen atoms in total. The topological polar surface area (TPSA) is 135 Å². The van der Waals surface area contributed by atoms with E-state index >= 15 is 0 Å². The number of aryl methyl sites for hydroxylation is 1. The summed E-state index contributed by atoms with van der Waals surface area (Å²) in [5.41, 5.74) is 0.645. The molecule has 10 heteroatoms. The van der Waals surface area contributed by atoms with Crippen LogP contribution in [-0.2, 0) is 16.6 Å². The van der Waals surface area contributed by atoms with Crippen molar-refractivity contribution in [1.29, 1.82) is 5.26 Å². The van der Waals surface area contributed by atoms with E-state index in [-0.39, 0.29) is 28.7 Å². The highest BCUT2D eigenvalue weighted by atomic mass is 32.2. The van der Waals surface area contributed by atoms with Crippen molar-refractivity contribution in [2.75, 3.05) is 0 Å². The molecule has 0 radical (unpaired) electrons. The Kier molecular flexibility index (Phi) is 4.11. The normalized spacial score (nSPS) is 11.3. The Bertz CT molecular complexity index is 1020. The van der Waals surface area contributed by atoms with Crippen LogP contribution in [0.5, 0.6) is 0 Å². The Labute approximate surface area is 136 Å². The number of hydrogen-bond acceptors (Lipinski definition) is 8. The van der Waals surface area contributed by atoms with Crippen LogP contribution in [0.1, 0.15) is 17.2 Å². The number of aromatic nitrogens is 3. The minimum atomic E-state index is -3.81. The standard InChI is InChI=1S/C14H11N5O4S/c1-9-5-12(18-22-9)14-17-13(23-19-14)8-16-24(20,21)11-4-2-3-10(6-11)7-15/h2-6,16H,8H2,1H3. The molecule has 0 amide bonds. The third kappa shape index (κ3) is 3.32. The lowest BCUT2D eigenvalue weighted by atomic mass is 10.2. The fourth-order valence-corrected chi connectivity index (χ4v) is 2.90. The van der Waals surface area contributed by atoms with Crippen LogP contribution in [0.3, 0.4) is 0 Å². The van der Waals surface area contributed by atoms with Crippen LogP contribution < -0.4 is 4.72 Å². The molecule has 0 saturated heterocycles. The van der Waals surface area contributed by atoms with Gasteiger partial charge in [-0.1, -0.05) is 16.4 Å². The fraction of sp³-hybridized carbons (Fsp3) is 0.143. The van der Waals surface area contributed by atoms with Gasteiger partial charge in [-0.05, 0) is 25.1 Å². The number of nitriles is 1. The molecule has 3 rings (SSSR count). The lowest BCUT2D eigenvalue weighted by molar-refractivity contribution is 0.374. The first-order valence-corrected chi connectivity index (χ1v) is 8.22. The zero-order valence-corrected chi connectivity index (χ0v) is 13.2. The van der Waals surface area contributed by atoms with Crippen molar-refractivity contribution >= 4 is 10.0 Å². The van der Waals surface area contributed by atoms with Gasteiger partial charge in [0, 0.05) is 6.07 Å². The van der Waals surface area contributed by atoms with Crippen molar-refractivity contribution in [1.82, 2.24) is 20.0 Å². The molecule has 2 heterocycles. The van der Waals surface area contributed by atoms with Crippen LogP contribution in [-0.4, -0.2) is 23.7 Å². The maximum Gasteiger partial charge on any atom is 0.242 e. The van der Waals surface area contributed by atoms with Crippen molar-refractivity contribution in [3.63, 3.8) is 0 Å². The van der Waals surface area contributed by atoms with Crippen LogP contribution in [0, 0.1) is 18.3 Å². The van der Waals surface area contributed by atoms with Gasteiger partial charge in [0.1, 0.15) is 5.76 Å². The molecule has 0 unspecified atom stereocenters. The van der Waals surface area contributed by atoms with Crippen molar-refractivity contribution < 1.29 is 17.5 Å². The fourth-order valence-electron chi connectivity index (χ4n) is 1.88. The molecule has 0 aliphatic heterocycles. The lowest BCUT2D eigenvalue weighted by Gasteiger charge is -2.04. The molecule has 1 aromatic carbocycles. The summed E-state index contributed by atoms with van der Waals surface area (Å²) in [6.07, 6.45) is 0. The first-order chi connectivity index (χ1) is 11.5. The van der Waals surface area contributed by atoms with Crippen LogP contribution in [0.4, 0.5) is 0 Å². The molecule has 122 valence electrons. The highest BCUT2D eigenvalue weighted by Crippen LogP contribution is 2.16. The van der Waals surface area contributed by atoms with Gasteiger partial charge in [-0.3, -0.25) is 0 Å². The van der Waals surface area contributed by atoms with Crippen LogP contribution in [0.15, 0.2) is 44.3 Å². The molecule has 2 aromatic heterocycles. The number of nitrogens with one attached hydrogen (secondary N) is 1. The molecule has 0 aliphatic rings. The Hall–Kier alpha value is -3.03. The minimum Gasteiger partial charge on any atom is -0.361 e. The minimum absolute atomic E-state index is 0.0200. The van der Waals surface area contributed by atoms with Gasteiger partial charge in [0.15, 0.2) is 5.69 Å². The zero-order valence-electron chi connectivity index (χ0n) is 12.4. The Morgan fingerprint density at radius 2 is 2.08 bits per heavy atom. The summed E-state index contributed by atoms with van der Waals surface area (Å²) >= 11 is 0. The molecule has 0 spiro atoms. The van der Waals surface area contributed by atoms with Gasteiger partial charge in [-0.2, -0.15) is 10.2 Å². The second kappa shape index (κ2) is 6.23. The quantitative estimate of drug-likeness (QED) is 0.732. The van der Waals surface area contributed by atoms with E-state index < -0.39 is 10.0 Å². The van der Waals surface area contributed by atoms with Crippen LogP contribution in [0.25, 0.3) is 11.5 Å². The van der Waals surface area contributed by atoms with Crippen LogP contribution in [0.2, 0.25) is 0 Å². The molecule has 0 saturated carbocycles. The first kappa shape index (κ1) is 15.9. The van der Waals surface area contributed by atoms with E-state index in [2.05, 4.69) is 20.0 Å². The average Bonchev–Trinajstić information content (AvgIpc) is 3.22. The van der Waals surface area contributed by atoms with Gasteiger partial charge < -0.3 is 9.05 Å². The Morgan fingerprint density at radius 1 is 1.25 bits per heavy atom. The monoisotopic (exact) mass is 345 g/mol. The molecule has 0 fully saturated rings. The highest BCUT2D eigenvalue weighted by Gasteiger charge is 2.17. The molecule has 3 aromatic rings. The van der Waals surface area contributed by atoms with E-state index in [4.69, 9.17) is 14.3 Å². The molecular formula is C14H11N5O4S. The van der Waals surface area contributed by atoms with E-state index in [0.29, 0.717) is 11.5 Å². The number of sulfonamides is 1. The third-order valence-electron chi connectivity index (χ3n) is 3.01. The smallest absolute Gasteiger partial charge is 0.242 e.